The second-order valence-electron chi connectivity index (χ2n) is 11.7. The fourth-order valence-electron chi connectivity index (χ4n) is 6.36. The molecule has 2 aromatic carbocycles. The number of benzene rings is 2. The third-order valence-corrected chi connectivity index (χ3v) is 8.75. The zero-order valence-electron chi connectivity index (χ0n) is 26.5. The standard InChI is InChI=1S/C34H37N9O3/c1-22-36-28-10-9-25(45-3)18-31(28)43(22)21-32(44)42-16-15-41(20-24-11-13-40(2)39-24)14-12-30(42)33-35-19-29(37-33)26-17-23-7-5-6-8-27(23)38-34(26)46-4/h5-11,13,17-19,30H,12,14-16,20-21H2,1-4H3,(H,35,37)/t30-/m0/s1. The highest BCUT2D eigenvalue weighted by atomic mass is 16.5. The second-order valence-corrected chi connectivity index (χ2v) is 11.7. The number of ether oxygens (including phenoxy) is 2. The molecule has 1 aliphatic heterocycles. The maximum Gasteiger partial charge on any atom is 0.243 e. The average molecular weight is 620 g/mol. The van der Waals surface area contributed by atoms with E-state index in [1.165, 1.54) is 0 Å². The summed E-state index contributed by atoms with van der Waals surface area (Å²) < 4.78 is 14.9. The van der Waals surface area contributed by atoms with Gasteiger partial charge >= 0.3 is 0 Å². The van der Waals surface area contributed by atoms with Gasteiger partial charge in [-0.25, -0.2) is 15.0 Å². The Labute approximate surface area is 266 Å². The van der Waals surface area contributed by atoms with Crippen LogP contribution in [0.15, 0.2) is 67.0 Å². The van der Waals surface area contributed by atoms with Gasteiger partial charge in [-0.15, -0.1) is 0 Å². The van der Waals surface area contributed by atoms with E-state index in [9.17, 15) is 4.79 Å². The van der Waals surface area contributed by atoms with E-state index >= 15 is 0 Å². The monoisotopic (exact) mass is 619 g/mol. The summed E-state index contributed by atoms with van der Waals surface area (Å²) in [5.41, 5.74) is 5.16. The predicted molar refractivity (Wildman–Crippen MR) is 174 cm³/mol. The fourth-order valence-corrected chi connectivity index (χ4v) is 6.36. The Kier molecular flexibility index (Phi) is 7.87. The van der Waals surface area contributed by atoms with E-state index in [0.717, 1.165) is 62.8 Å². The van der Waals surface area contributed by atoms with Crippen LogP contribution in [0.25, 0.3) is 33.2 Å². The summed E-state index contributed by atoms with van der Waals surface area (Å²) in [5.74, 6) is 2.74. The molecule has 1 N–H and O–H groups in total. The van der Waals surface area contributed by atoms with Crippen molar-refractivity contribution in [3.63, 3.8) is 0 Å². The van der Waals surface area contributed by atoms with Gasteiger partial charge in [0.15, 0.2) is 0 Å². The molecule has 1 amide bonds. The first-order valence-corrected chi connectivity index (χ1v) is 15.4. The van der Waals surface area contributed by atoms with Crippen molar-refractivity contribution in [1.82, 2.24) is 44.1 Å². The van der Waals surface area contributed by atoms with Crippen molar-refractivity contribution < 1.29 is 14.3 Å². The van der Waals surface area contributed by atoms with Gasteiger partial charge in [0.25, 0.3) is 0 Å². The highest BCUT2D eigenvalue weighted by molar-refractivity contribution is 5.85. The molecule has 1 aliphatic rings. The van der Waals surface area contributed by atoms with Crippen molar-refractivity contribution in [2.45, 2.75) is 32.5 Å². The normalized spacial score (nSPS) is 15.8. The van der Waals surface area contributed by atoms with Gasteiger partial charge < -0.3 is 23.9 Å². The number of fused-ring (bicyclic) bond motifs is 2. The second kappa shape index (κ2) is 12.3. The third-order valence-electron chi connectivity index (χ3n) is 8.75. The fraction of sp³-hybridized carbons (Fsp3) is 0.324. The topological polar surface area (TPSA) is 119 Å². The Morgan fingerprint density at radius 2 is 1.87 bits per heavy atom. The van der Waals surface area contributed by atoms with Crippen LogP contribution in [0.1, 0.15) is 29.8 Å². The van der Waals surface area contributed by atoms with E-state index < -0.39 is 0 Å². The first-order valence-electron chi connectivity index (χ1n) is 15.4. The number of amides is 1. The molecule has 4 aromatic heterocycles. The molecule has 0 spiro atoms. The van der Waals surface area contributed by atoms with Crippen molar-refractivity contribution in [2.24, 2.45) is 7.05 Å². The lowest BCUT2D eigenvalue weighted by molar-refractivity contribution is -0.134. The minimum Gasteiger partial charge on any atom is -0.497 e. The number of aryl methyl sites for hydroxylation is 2. The number of carbonyl (C=O) groups is 1. The van der Waals surface area contributed by atoms with Crippen molar-refractivity contribution in [2.75, 3.05) is 33.9 Å². The third kappa shape index (κ3) is 5.67. The van der Waals surface area contributed by atoms with Crippen LogP contribution in [0.2, 0.25) is 0 Å². The molecule has 12 heteroatoms. The maximum absolute atomic E-state index is 14.3. The summed E-state index contributed by atoms with van der Waals surface area (Å²) >= 11 is 0. The number of hydrogen-bond donors (Lipinski definition) is 1. The smallest absolute Gasteiger partial charge is 0.243 e. The lowest BCUT2D eigenvalue weighted by Crippen LogP contribution is -2.39. The lowest BCUT2D eigenvalue weighted by atomic mass is 10.1. The van der Waals surface area contributed by atoms with Crippen LogP contribution >= 0.6 is 0 Å². The van der Waals surface area contributed by atoms with Gasteiger partial charge in [0.1, 0.15) is 23.9 Å². The van der Waals surface area contributed by atoms with Crippen molar-refractivity contribution >= 4 is 27.8 Å². The van der Waals surface area contributed by atoms with Gasteiger partial charge in [0.2, 0.25) is 11.8 Å². The number of hydrogen-bond acceptors (Lipinski definition) is 8. The van der Waals surface area contributed by atoms with E-state index in [1.807, 2.05) is 89.0 Å². The highest BCUT2D eigenvalue weighted by Gasteiger charge is 2.32. The number of H-pyrrole nitrogens is 1. The van der Waals surface area contributed by atoms with Crippen LogP contribution in [0.4, 0.5) is 0 Å². The summed E-state index contributed by atoms with van der Waals surface area (Å²) in [7, 11) is 5.19. The Balaban J connectivity index is 1.22. The molecule has 46 heavy (non-hydrogen) atoms. The highest BCUT2D eigenvalue weighted by Crippen LogP contribution is 2.33. The first-order chi connectivity index (χ1) is 22.4. The van der Waals surface area contributed by atoms with Gasteiger partial charge in [0, 0.05) is 50.9 Å². The molecule has 0 saturated carbocycles. The zero-order valence-corrected chi connectivity index (χ0v) is 26.5. The maximum atomic E-state index is 14.3. The number of carbonyl (C=O) groups excluding carboxylic acids is 1. The number of rotatable bonds is 8. The van der Waals surface area contributed by atoms with E-state index in [1.54, 1.807) is 14.2 Å². The van der Waals surface area contributed by atoms with Crippen LogP contribution in [-0.4, -0.2) is 83.8 Å². The molecule has 236 valence electrons. The van der Waals surface area contributed by atoms with Crippen molar-refractivity contribution in [1.29, 1.82) is 0 Å². The van der Waals surface area contributed by atoms with Gasteiger partial charge in [-0.2, -0.15) is 5.10 Å². The van der Waals surface area contributed by atoms with Crippen molar-refractivity contribution in [3.8, 4) is 22.9 Å². The molecule has 0 radical (unpaired) electrons. The number of methoxy groups -OCH3 is 2. The minimum absolute atomic E-state index is 0.00203. The summed E-state index contributed by atoms with van der Waals surface area (Å²) in [6, 6.07) is 17.5. The first kappa shape index (κ1) is 29.5. The van der Waals surface area contributed by atoms with Gasteiger partial charge in [-0.3, -0.25) is 14.4 Å². The number of aromatic amines is 1. The molecule has 0 bridgehead atoms. The van der Waals surface area contributed by atoms with E-state index in [0.29, 0.717) is 31.9 Å². The van der Waals surface area contributed by atoms with Gasteiger partial charge in [-0.1, -0.05) is 18.2 Å². The molecule has 1 fully saturated rings. The molecular formula is C34H37N9O3. The van der Waals surface area contributed by atoms with Gasteiger partial charge in [0.05, 0.1) is 60.0 Å². The SMILES string of the molecule is COc1ccc2nc(C)n(CC(=O)N3CCN(Cc4ccn(C)n4)CC[C@H]3c3ncc(-c4cc5ccccc5nc4OC)[nH]3)c2c1. The Morgan fingerprint density at radius 1 is 1.00 bits per heavy atom. The molecule has 0 unspecified atom stereocenters. The zero-order chi connectivity index (χ0) is 31.8. The van der Waals surface area contributed by atoms with Crippen LogP contribution in [0.5, 0.6) is 11.6 Å². The van der Waals surface area contributed by atoms with Crippen LogP contribution in [0, 0.1) is 6.92 Å². The number of pyridine rings is 1. The largest absolute Gasteiger partial charge is 0.497 e. The van der Waals surface area contributed by atoms with E-state index in [2.05, 4.69) is 21.0 Å². The number of para-hydroxylation sites is 1. The number of aromatic nitrogens is 7. The van der Waals surface area contributed by atoms with Crippen LogP contribution < -0.4 is 9.47 Å². The van der Waals surface area contributed by atoms with Gasteiger partial charge in [-0.05, 0) is 43.7 Å². The molecule has 1 saturated heterocycles. The predicted octanol–water partition coefficient (Wildman–Crippen LogP) is 4.51. The quantitative estimate of drug-likeness (QED) is 0.264. The molecular weight excluding hydrogens is 582 g/mol. The summed E-state index contributed by atoms with van der Waals surface area (Å²) in [6.45, 7) is 4.84. The molecule has 6 aromatic rings. The van der Waals surface area contributed by atoms with Crippen LogP contribution in [0.3, 0.4) is 0 Å². The lowest BCUT2D eigenvalue weighted by Gasteiger charge is -2.29. The molecule has 12 nitrogen and oxygen atoms in total. The number of imidazole rings is 2. The van der Waals surface area contributed by atoms with E-state index in [4.69, 9.17) is 24.4 Å². The summed E-state index contributed by atoms with van der Waals surface area (Å²) in [6.07, 6.45) is 4.47. The van der Waals surface area contributed by atoms with Crippen LogP contribution in [-0.2, 0) is 24.9 Å². The van der Waals surface area contributed by atoms with Crippen molar-refractivity contribution in [3.05, 3.63) is 84.3 Å². The molecule has 0 aliphatic carbocycles. The summed E-state index contributed by atoms with van der Waals surface area (Å²) in [4.78, 5) is 36.4. The Hall–Kier alpha value is -5.23. The molecule has 7 rings (SSSR count). The molecule has 1 atom stereocenters. The average Bonchev–Trinajstić information content (AvgIpc) is 3.76. The van der Waals surface area contributed by atoms with E-state index in [-0.39, 0.29) is 18.5 Å². The Bertz CT molecular complexity index is 2030. The minimum atomic E-state index is -0.265. The number of nitrogens with zero attached hydrogens (tertiary/aromatic N) is 8. The number of nitrogens with one attached hydrogen (secondary N) is 1. The molecule has 5 heterocycles. The summed E-state index contributed by atoms with van der Waals surface area (Å²) in [5, 5.41) is 5.59. The Morgan fingerprint density at radius 3 is 2.67 bits per heavy atom.